The molecule has 0 aromatic carbocycles. The van der Waals surface area contributed by atoms with Crippen molar-refractivity contribution >= 4 is 16.1 Å². The Labute approximate surface area is 114 Å². The number of hydrogen-bond acceptors (Lipinski definition) is 5. The summed E-state index contributed by atoms with van der Waals surface area (Å²) in [6.45, 7) is 1.95. The van der Waals surface area contributed by atoms with Crippen LogP contribution in [0.15, 0.2) is 0 Å². The second-order valence-corrected chi connectivity index (χ2v) is 7.67. The lowest BCUT2D eigenvalue weighted by molar-refractivity contribution is -0.151. The van der Waals surface area contributed by atoms with E-state index in [0.29, 0.717) is 11.8 Å². The quantitative estimate of drug-likeness (QED) is 0.579. The fourth-order valence-electron chi connectivity index (χ4n) is 3.74. The highest BCUT2D eigenvalue weighted by Crippen LogP contribution is 2.44. The molecule has 0 heterocycles. The third kappa shape index (κ3) is 4.45. The summed E-state index contributed by atoms with van der Waals surface area (Å²) in [6, 6.07) is 0. The third-order valence-corrected chi connectivity index (χ3v) is 4.95. The first-order valence-corrected chi connectivity index (χ1v) is 8.51. The van der Waals surface area contributed by atoms with Gasteiger partial charge in [0.2, 0.25) is 0 Å². The van der Waals surface area contributed by atoms with E-state index in [4.69, 9.17) is 4.74 Å². The summed E-state index contributed by atoms with van der Waals surface area (Å²) in [4.78, 5) is 11.9. The highest BCUT2D eigenvalue weighted by Gasteiger charge is 2.37. The minimum absolute atomic E-state index is 0.106. The van der Waals surface area contributed by atoms with E-state index in [9.17, 15) is 17.8 Å². The van der Waals surface area contributed by atoms with Crippen molar-refractivity contribution in [1.82, 2.24) is 0 Å². The Morgan fingerprint density at radius 2 is 1.74 bits per heavy atom. The molecule has 6 heteroatoms. The Kier molecular flexibility index (Phi) is 4.50. The van der Waals surface area contributed by atoms with Crippen molar-refractivity contribution < 1.29 is 22.5 Å². The summed E-state index contributed by atoms with van der Waals surface area (Å²) < 4.78 is 36.2. The number of carbonyl (C=O) groups is 1. The van der Waals surface area contributed by atoms with E-state index < -0.39 is 15.9 Å². The van der Waals surface area contributed by atoms with Crippen molar-refractivity contribution in [3.05, 3.63) is 0 Å². The van der Waals surface area contributed by atoms with Gasteiger partial charge in [0, 0.05) is 0 Å². The van der Waals surface area contributed by atoms with Crippen molar-refractivity contribution in [3.63, 3.8) is 0 Å². The number of rotatable bonds is 4. The van der Waals surface area contributed by atoms with E-state index >= 15 is 0 Å². The van der Waals surface area contributed by atoms with Crippen LogP contribution in [-0.2, 0) is 19.6 Å². The lowest BCUT2D eigenvalue weighted by Crippen LogP contribution is -2.34. The van der Waals surface area contributed by atoms with Gasteiger partial charge >= 0.3 is 5.97 Å². The lowest BCUT2D eigenvalue weighted by atomic mass is 9.65. The molecule has 2 unspecified atom stereocenters. The van der Waals surface area contributed by atoms with Crippen molar-refractivity contribution in [2.24, 2.45) is 23.7 Å². The number of ether oxygens (including phenoxy) is 1. The summed E-state index contributed by atoms with van der Waals surface area (Å²) >= 11 is 0. The van der Waals surface area contributed by atoms with Crippen molar-refractivity contribution in [3.8, 4) is 0 Å². The molecule has 0 aromatic heterocycles. The molecule has 0 saturated heterocycles. The third-order valence-electron chi connectivity index (χ3n) is 4.28. The number of hydrogen-bond donors (Lipinski definition) is 0. The van der Waals surface area contributed by atoms with Crippen molar-refractivity contribution in [2.75, 3.05) is 12.4 Å². The number of carbonyl (C=O) groups excluding carboxylic acids is 1. The van der Waals surface area contributed by atoms with E-state index in [0.717, 1.165) is 18.8 Å². The van der Waals surface area contributed by atoms with Crippen molar-refractivity contribution in [1.29, 1.82) is 0 Å². The fourth-order valence-corrected chi connectivity index (χ4v) is 4.03. The Hall–Kier alpha value is -0.620. The monoisotopic (exact) mass is 289 g/mol. The highest BCUT2D eigenvalue weighted by molar-refractivity contribution is 7.85. The number of fused-ring (bicyclic) bond motifs is 2. The van der Waals surface area contributed by atoms with Gasteiger partial charge in [0.25, 0.3) is 0 Å². The van der Waals surface area contributed by atoms with Gasteiger partial charge in [-0.25, -0.2) is 8.42 Å². The predicted octanol–water partition coefficient (Wildman–Crippen LogP) is 1.54. The van der Waals surface area contributed by atoms with E-state index in [2.05, 4.69) is 6.92 Å². The van der Waals surface area contributed by atoms with Crippen LogP contribution in [-0.4, -0.2) is 31.3 Å². The second-order valence-electron chi connectivity index (χ2n) is 6.14. The molecular weight excluding hydrogens is 268 g/mol. The first-order chi connectivity index (χ1) is 8.83. The molecule has 2 fully saturated rings. The lowest BCUT2D eigenvalue weighted by Gasteiger charge is -2.40. The molecule has 0 aliphatic heterocycles. The Bertz CT molecular complexity index is 412. The van der Waals surface area contributed by atoms with Crippen LogP contribution in [0.2, 0.25) is 0 Å². The van der Waals surface area contributed by atoms with Gasteiger partial charge < -0.3 is 9.29 Å². The Morgan fingerprint density at radius 3 is 2.26 bits per heavy atom. The topological polar surface area (TPSA) is 83.5 Å². The highest BCUT2D eigenvalue weighted by atomic mass is 32.2. The second kappa shape index (κ2) is 5.79. The van der Waals surface area contributed by atoms with E-state index in [-0.39, 0.29) is 18.5 Å². The van der Waals surface area contributed by atoms with Gasteiger partial charge in [0.1, 0.15) is 6.61 Å². The smallest absolute Gasteiger partial charge is 0.308 e. The van der Waals surface area contributed by atoms with Gasteiger partial charge in [-0.15, -0.1) is 0 Å². The number of esters is 1. The summed E-state index contributed by atoms with van der Waals surface area (Å²) in [5.41, 5.74) is 0. The van der Waals surface area contributed by atoms with E-state index in [1.54, 1.807) is 0 Å². The van der Waals surface area contributed by atoms with E-state index in [1.807, 2.05) is 0 Å². The normalized spacial score (nSPS) is 34.8. The Morgan fingerprint density at radius 1 is 1.16 bits per heavy atom. The average molecular weight is 289 g/mol. The summed E-state index contributed by atoms with van der Waals surface area (Å²) in [5, 5.41) is 0. The van der Waals surface area contributed by atoms with Crippen LogP contribution in [0, 0.1) is 23.7 Å². The first kappa shape index (κ1) is 14.8. The van der Waals surface area contributed by atoms with Crippen LogP contribution in [0.1, 0.15) is 39.0 Å². The maximum Gasteiger partial charge on any atom is 0.308 e. The minimum atomic E-state index is -4.30. The maximum absolute atomic E-state index is 11.9. The van der Waals surface area contributed by atoms with E-state index in [1.165, 1.54) is 19.3 Å². The molecule has 0 spiro atoms. The molecule has 0 radical (unpaired) electrons. The molecule has 2 aliphatic rings. The molecular formula is C13H21O5S-. The predicted molar refractivity (Wildman–Crippen MR) is 68.2 cm³/mol. The molecule has 2 aliphatic carbocycles. The maximum atomic E-state index is 11.9. The first-order valence-electron chi connectivity index (χ1n) is 6.93. The fraction of sp³-hybridized carbons (Fsp3) is 0.923. The van der Waals surface area contributed by atoms with Crippen LogP contribution in [0.5, 0.6) is 0 Å². The van der Waals surface area contributed by atoms with Crippen LogP contribution in [0.3, 0.4) is 0 Å². The van der Waals surface area contributed by atoms with Crippen LogP contribution >= 0.6 is 0 Å². The van der Waals surface area contributed by atoms with Gasteiger partial charge in [-0.05, 0) is 49.9 Å². The largest absolute Gasteiger partial charge is 0.748 e. The van der Waals surface area contributed by atoms with Gasteiger partial charge in [-0.2, -0.15) is 0 Å². The molecule has 2 saturated carbocycles. The molecule has 110 valence electrons. The average Bonchev–Trinajstić information content (AvgIpc) is 2.25. The summed E-state index contributed by atoms with van der Waals surface area (Å²) in [5.74, 6) is 0.881. The van der Waals surface area contributed by atoms with Gasteiger partial charge in [-0.3, -0.25) is 4.79 Å². The Balaban J connectivity index is 1.81. The molecule has 19 heavy (non-hydrogen) atoms. The van der Waals surface area contributed by atoms with Crippen LogP contribution in [0.4, 0.5) is 0 Å². The SMILES string of the molecule is CC1CC2CC(C1)CC(C(=O)OCCS(=O)(=O)[O-])C2. The molecule has 2 bridgehead atoms. The zero-order valence-corrected chi connectivity index (χ0v) is 12.0. The molecule has 0 aromatic rings. The summed E-state index contributed by atoms with van der Waals surface area (Å²) in [7, 11) is -4.30. The standard InChI is InChI=1S/C13H22O5S/c1-9-4-10-6-11(5-9)8-12(7-10)13(14)18-2-3-19(15,16)17/h9-12H,2-8H2,1H3,(H,15,16,17)/p-1. The molecule has 2 atom stereocenters. The summed E-state index contributed by atoms with van der Waals surface area (Å²) in [6.07, 6.45) is 5.26. The van der Waals surface area contributed by atoms with Crippen LogP contribution in [0.25, 0.3) is 0 Å². The molecule has 2 rings (SSSR count). The zero-order valence-electron chi connectivity index (χ0n) is 11.2. The van der Waals surface area contributed by atoms with Gasteiger partial charge in [0.15, 0.2) is 0 Å². The molecule has 5 nitrogen and oxygen atoms in total. The van der Waals surface area contributed by atoms with Gasteiger partial charge in [0.05, 0.1) is 21.8 Å². The minimum Gasteiger partial charge on any atom is -0.748 e. The van der Waals surface area contributed by atoms with Gasteiger partial charge in [-0.1, -0.05) is 6.92 Å². The molecule has 0 amide bonds. The zero-order chi connectivity index (χ0) is 14.0. The van der Waals surface area contributed by atoms with Crippen molar-refractivity contribution in [2.45, 2.75) is 39.0 Å². The molecule has 0 N–H and O–H groups in total. The van der Waals surface area contributed by atoms with Crippen LogP contribution < -0.4 is 0 Å².